The Labute approximate surface area is 172 Å². The third kappa shape index (κ3) is 4.99. The monoisotopic (exact) mass is 433 g/mol. The molecule has 0 bridgehead atoms. The average molecular weight is 433 g/mol. The minimum absolute atomic E-state index is 0.00769. The van der Waals surface area contributed by atoms with Crippen molar-refractivity contribution in [1.82, 2.24) is 25.2 Å². The van der Waals surface area contributed by atoms with Gasteiger partial charge in [0.25, 0.3) is 0 Å². The number of nitrogens with zero attached hydrogens (tertiary/aromatic N) is 2. The Morgan fingerprint density at radius 3 is 2.57 bits per heavy atom. The second-order valence-corrected chi connectivity index (χ2v) is 8.01. The van der Waals surface area contributed by atoms with Crippen molar-refractivity contribution in [3.8, 4) is 17.1 Å². The molecule has 0 aliphatic heterocycles. The molecule has 1 atom stereocenters. The van der Waals surface area contributed by atoms with E-state index >= 15 is 0 Å². The number of carbonyl (C=O) groups excluding carboxylic acids is 1. The smallest absolute Gasteiger partial charge is 0.244 e. The molecule has 1 heterocycles. The number of halogens is 1. The summed E-state index contributed by atoms with van der Waals surface area (Å²) in [5.41, 5.74) is 0.760. The van der Waals surface area contributed by atoms with E-state index < -0.39 is 32.7 Å². The van der Waals surface area contributed by atoms with E-state index in [9.17, 15) is 17.6 Å². The van der Waals surface area contributed by atoms with Gasteiger partial charge in [0.05, 0.1) is 19.7 Å². The van der Waals surface area contributed by atoms with E-state index in [2.05, 4.69) is 25.2 Å². The Hall–Kier alpha value is -3.31. The van der Waals surface area contributed by atoms with Crippen molar-refractivity contribution in [3.63, 3.8) is 0 Å². The molecule has 30 heavy (non-hydrogen) atoms. The fourth-order valence-corrected chi connectivity index (χ4v) is 3.86. The van der Waals surface area contributed by atoms with Crippen LogP contribution in [-0.2, 0) is 21.4 Å². The third-order valence-electron chi connectivity index (χ3n) is 4.16. The lowest BCUT2D eigenvalue weighted by Crippen LogP contribution is -2.44. The number of aromatic amines is 1. The highest BCUT2D eigenvalue weighted by atomic mass is 32.2. The number of methoxy groups -OCH3 is 1. The summed E-state index contributed by atoms with van der Waals surface area (Å²) in [6.45, 7) is 1.37. The number of ether oxygens (including phenoxy) is 1. The largest absolute Gasteiger partial charge is 0.497 e. The molecular formula is C19H20FN5O4S. The van der Waals surface area contributed by atoms with Gasteiger partial charge in [-0.25, -0.2) is 17.8 Å². The highest BCUT2D eigenvalue weighted by Crippen LogP contribution is 2.19. The number of amides is 1. The molecule has 2 aromatic carbocycles. The molecule has 3 N–H and O–H groups in total. The van der Waals surface area contributed by atoms with Crippen molar-refractivity contribution in [2.24, 2.45) is 0 Å². The van der Waals surface area contributed by atoms with Crippen molar-refractivity contribution in [3.05, 3.63) is 60.2 Å². The minimum Gasteiger partial charge on any atom is -0.497 e. The summed E-state index contributed by atoms with van der Waals surface area (Å²) in [6, 6.07) is 10.9. The number of hydrogen-bond donors (Lipinski definition) is 3. The zero-order chi connectivity index (χ0) is 21.7. The van der Waals surface area contributed by atoms with Gasteiger partial charge in [0.15, 0.2) is 5.82 Å². The third-order valence-corrected chi connectivity index (χ3v) is 5.74. The van der Waals surface area contributed by atoms with Gasteiger partial charge in [0.1, 0.15) is 22.3 Å². The van der Waals surface area contributed by atoms with Gasteiger partial charge >= 0.3 is 0 Å². The van der Waals surface area contributed by atoms with Crippen molar-refractivity contribution in [2.75, 3.05) is 7.11 Å². The van der Waals surface area contributed by atoms with Gasteiger partial charge in [-0.1, -0.05) is 12.1 Å². The first-order valence-corrected chi connectivity index (χ1v) is 10.4. The molecule has 0 aliphatic carbocycles. The maximum Gasteiger partial charge on any atom is 0.244 e. The SMILES string of the molecule is COc1ccc(-c2n[nH]c(CNC(=O)[C@H](C)NS(=O)(=O)c3ccccc3F)n2)cc1. The summed E-state index contributed by atoms with van der Waals surface area (Å²) < 4.78 is 45.6. The van der Waals surface area contributed by atoms with Crippen LogP contribution in [0.15, 0.2) is 53.4 Å². The second kappa shape index (κ2) is 9.01. The van der Waals surface area contributed by atoms with Crippen LogP contribution in [0.3, 0.4) is 0 Å². The lowest BCUT2D eigenvalue weighted by Gasteiger charge is -2.14. The lowest BCUT2D eigenvalue weighted by molar-refractivity contribution is -0.122. The van der Waals surface area contributed by atoms with Crippen molar-refractivity contribution in [1.29, 1.82) is 0 Å². The Morgan fingerprint density at radius 2 is 1.90 bits per heavy atom. The standard InChI is InChI=1S/C19H20FN5O4S/c1-12(25-30(27,28)16-6-4-3-5-15(16)20)19(26)21-11-17-22-18(24-23-17)13-7-9-14(29-2)10-8-13/h3-10,12,25H,11H2,1-2H3,(H,21,26)(H,22,23,24)/t12-/m0/s1. The summed E-state index contributed by atoms with van der Waals surface area (Å²) in [5, 5.41) is 9.36. The van der Waals surface area contributed by atoms with Crippen LogP contribution in [0.4, 0.5) is 4.39 Å². The van der Waals surface area contributed by atoms with E-state index in [1.54, 1.807) is 31.4 Å². The van der Waals surface area contributed by atoms with Crippen LogP contribution in [0, 0.1) is 5.82 Å². The first-order chi connectivity index (χ1) is 14.3. The Morgan fingerprint density at radius 1 is 1.20 bits per heavy atom. The average Bonchev–Trinajstić information content (AvgIpc) is 3.21. The zero-order valence-corrected chi connectivity index (χ0v) is 17.0. The number of benzene rings is 2. The number of carbonyl (C=O) groups is 1. The van der Waals surface area contributed by atoms with E-state index in [1.165, 1.54) is 19.1 Å². The first-order valence-electron chi connectivity index (χ1n) is 8.90. The molecular weight excluding hydrogens is 413 g/mol. The van der Waals surface area contributed by atoms with Gasteiger partial charge in [-0.2, -0.15) is 9.82 Å². The van der Waals surface area contributed by atoms with Crippen molar-refractivity contribution in [2.45, 2.75) is 24.4 Å². The maximum absolute atomic E-state index is 13.7. The minimum atomic E-state index is -4.19. The molecule has 0 radical (unpaired) electrons. The first kappa shape index (κ1) is 21.4. The number of aromatic nitrogens is 3. The summed E-state index contributed by atoms with van der Waals surface area (Å²) in [7, 11) is -2.62. The molecule has 11 heteroatoms. The van der Waals surface area contributed by atoms with Crippen molar-refractivity contribution < 1.29 is 22.3 Å². The van der Waals surface area contributed by atoms with E-state index in [0.717, 1.165) is 17.7 Å². The number of nitrogens with one attached hydrogen (secondary N) is 3. The van der Waals surface area contributed by atoms with Crippen LogP contribution in [0.1, 0.15) is 12.7 Å². The van der Waals surface area contributed by atoms with E-state index in [1.807, 2.05) is 0 Å². The molecule has 158 valence electrons. The van der Waals surface area contributed by atoms with Gasteiger partial charge in [-0.3, -0.25) is 9.89 Å². The fraction of sp³-hybridized carbons (Fsp3) is 0.211. The highest BCUT2D eigenvalue weighted by molar-refractivity contribution is 7.89. The Balaban J connectivity index is 1.59. The van der Waals surface area contributed by atoms with Crippen LogP contribution in [0.2, 0.25) is 0 Å². The lowest BCUT2D eigenvalue weighted by atomic mass is 10.2. The summed E-state index contributed by atoms with van der Waals surface area (Å²) in [4.78, 5) is 16.0. The molecule has 3 aromatic rings. The molecule has 0 saturated carbocycles. The van der Waals surface area contributed by atoms with Crippen LogP contribution < -0.4 is 14.8 Å². The summed E-state index contributed by atoms with van der Waals surface area (Å²) >= 11 is 0. The van der Waals surface area contributed by atoms with Gasteiger partial charge < -0.3 is 10.1 Å². The molecule has 0 spiro atoms. The summed E-state index contributed by atoms with van der Waals surface area (Å²) in [5.74, 6) is 0.0322. The van der Waals surface area contributed by atoms with Gasteiger partial charge in [-0.05, 0) is 43.3 Å². The Bertz CT molecular complexity index is 1130. The van der Waals surface area contributed by atoms with Crippen molar-refractivity contribution >= 4 is 15.9 Å². The van der Waals surface area contributed by atoms with E-state index in [-0.39, 0.29) is 6.54 Å². The predicted molar refractivity (Wildman–Crippen MR) is 106 cm³/mol. The second-order valence-electron chi connectivity index (χ2n) is 6.33. The molecule has 1 aromatic heterocycles. The number of sulfonamides is 1. The molecule has 1 amide bonds. The molecule has 9 nitrogen and oxygen atoms in total. The maximum atomic E-state index is 13.7. The normalized spacial score (nSPS) is 12.4. The Kier molecular flexibility index (Phi) is 6.43. The molecule has 0 unspecified atom stereocenters. The predicted octanol–water partition coefficient (Wildman–Crippen LogP) is 1.60. The molecule has 0 fully saturated rings. The van der Waals surface area contributed by atoms with Gasteiger partial charge in [0, 0.05) is 5.56 Å². The molecule has 0 aliphatic rings. The van der Waals surface area contributed by atoms with Crippen LogP contribution in [0.5, 0.6) is 5.75 Å². The van der Waals surface area contributed by atoms with Gasteiger partial charge in [-0.15, -0.1) is 0 Å². The van der Waals surface area contributed by atoms with E-state index in [0.29, 0.717) is 17.4 Å². The topological polar surface area (TPSA) is 126 Å². The number of hydrogen-bond acceptors (Lipinski definition) is 6. The summed E-state index contributed by atoms with van der Waals surface area (Å²) in [6.07, 6.45) is 0. The van der Waals surface area contributed by atoms with Crippen LogP contribution in [-0.4, -0.2) is 42.7 Å². The van der Waals surface area contributed by atoms with Gasteiger partial charge in [0.2, 0.25) is 15.9 Å². The van der Waals surface area contributed by atoms with Crippen LogP contribution >= 0.6 is 0 Å². The highest BCUT2D eigenvalue weighted by Gasteiger charge is 2.24. The van der Waals surface area contributed by atoms with Crippen LogP contribution in [0.25, 0.3) is 11.4 Å². The number of H-pyrrole nitrogens is 1. The molecule has 3 rings (SSSR count). The fourth-order valence-electron chi connectivity index (χ4n) is 2.58. The molecule has 0 saturated heterocycles. The number of rotatable bonds is 8. The quantitative estimate of drug-likeness (QED) is 0.495. The zero-order valence-electron chi connectivity index (χ0n) is 16.2. The van der Waals surface area contributed by atoms with E-state index in [4.69, 9.17) is 4.74 Å².